The highest BCUT2D eigenvalue weighted by atomic mass is 16.6. The van der Waals surface area contributed by atoms with Crippen molar-refractivity contribution < 1.29 is 9.53 Å². The highest BCUT2D eigenvalue weighted by Crippen LogP contribution is 2.28. The van der Waals surface area contributed by atoms with Crippen molar-refractivity contribution in [1.82, 2.24) is 14.7 Å². The number of carbonyl (C=O) groups is 1. The van der Waals surface area contributed by atoms with E-state index in [1.165, 1.54) is 11.1 Å². The summed E-state index contributed by atoms with van der Waals surface area (Å²) in [6.45, 7) is 17.5. The minimum atomic E-state index is -0.423. The molecule has 1 aromatic rings. The van der Waals surface area contributed by atoms with E-state index in [1.54, 1.807) is 0 Å². The number of carbonyl (C=O) groups excluding carboxylic acids is 1. The summed E-state index contributed by atoms with van der Waals surface area (Å²) >= 11 is 0. The van der Waals surface area contributed by atoms with E-state index in [-0.39, 0.29) is 6.09 Å². The van der Waals surface area contributed by atoms with Crippen molar-refractivity contribution in [3.63, 3.8) is 0 Å². The van der Waals surface area contributed by atoms with Gasteiger partial charge in [0.2, 0.25) is 0 Å². The minimum Gasteiger partial charge on any atom is -0.444 e. The third-order valence-electron chi connectivity index (χ3n) is 6.40. The summed E-state index contributed by atoms with van der Waals surface area (Å²) in [6, 6.07) is 10.5. The van der Waals surface area contributed by atoms with Crippen LogP contribution >= 0.6 is 0 Å². The van der Waals surface area contributed by atoms with Gasteiger partial charge in [-0.2, -0.15) is 0 Å². The summed E-state index contributed by atoms with van der Waals surface area (Å²) in [5.74, 6) is 0. The summed E-state index contributed by atoms with van der Waals surface area (Å²) in [7, 11) is 0. The number of nitrogens with zero attached hydrogens (tertiary/aromatic N) is 3. The number of amides is 1. The molecule has 2 fully saturated rings. The molecule has 2 aliphatic heterocycles. The Balaban J connectivity index is 1.50. The summed E-state index contributed by atoms with van der Waals surface area (Å²) in [4.78, 5) is 19.5. The topological polar surface area (TPSA) is 36.0 Å². The van der Waals surface area contributed by atoms with Gasteiger partial charge in [0.15, 0.2) is 0 Å². The Morgan fingerprint density at radius 1 is 1.07 bits per heavy atom. The van der Waals surface area contributed by atoms with Crippen molar-refractivity contribution in [3.8, 4) is 0 Å². The largest absolute Gasteiger partial charge is 0.444 e. The molecule has 2 aliphatic rings. The molecule has 0 spiro atoms. The Morgan fingerprint density at radius 2 is 1.69 bits per heavy atom. The van der Waals surface area contributed by atoms with Crippen LogP contribution in [0.4, 0.5) is 4.79 Å². The summed E-state index contributed by atoms with van der Waals surface area (Å²) in [5, 5.41) is 0. The maximum atomic E-state index is 12.3. The fraction of sp³-hybridized carbons (Fsp3) is 0.708. The molecular weight excluding hydrogens is 362 g/mol. The van der Waals surface area contributed by atoms with Gasteiger partial charge in [-0.3, -0.25) is 9.80 Å². The number of piperidine rings is 1. The lowest BCUT2D eigenvalue weighted by atomic mass is 9.98. The van der Waals surface area contributed by atoms with Gasteiger partial charge in [0, 0.05) is 50.8 Å². The van der Waals surface area contributed by atoms with Crippen molar-refractivity contribution >= 4 is 6.09 Å². The van der Waals surface area contributed by atoms with Gasteiger partial charge in [-0.15, -0.1) is 0 Å². The molecule has 1 amide bonds. The number of ether oxygens (including phenoxy) is 1. The van der Waals surface area contributed by atoms with E-state index >= 15 is 0 Å². The molecular formula is C24H39N3O2. The molecule has 0 aliphatic carbocycles. The van der Waals surface area contributed by atoms with Crippen molar-refractivity contribution in [3.05, 3.63) is 35.4 Å². The minimum absolute atomic E-state index is 0.166. The summed E-state index contributed by atoms with van der Waals surface area (Å²) < 4.78 is 5.53. The zero-order chi connectivity index (χ0) is 21.2. The van der Waals surface area contributed by atoms with E-state index in [0.717, 1.165) is 45.6 Å². The van der Waals surface area contributed by atoms with Gasteiger partial charge in [0.05, 0.1) is 0 Å². The first kappa shape index (κ1) is 22.1. The fourth-order valence-electron chi connectivity index (χ4n) is 4.68. The van der Waals surface area contributed by atoms with Crippen LogP contribution in [0.25, 0.3) is 0 Å². The van der Waals surface area contributed by atoms with Crippen LogP contribution in [0.5, 0.6) is 0 Å². The van der Waals surface area contributed by atoms with Crippen molar-refractivity contribution in [2.45, 2.75) is 78.1 Å². The predicted molar refractivity (Wildman–Crippen MR) is 118 cm³/mol. The van der Waals surface area contributed by atoms with Gasteiger partial charge in [0.1, 0.15) is 5.60 Å². The summed E-state index contributed by atoms with van der Waals surface area (Å²) in [5.41, 5.74) is 2.30. The number of hydrogen-bond donors (Lipinski definition) is 0. The van der Waals surface area contributed by atoms with Crippen LogP contribution in [0.15, 0.2) is 24.3 Å². The molecule has 29 heavy (non-hydrogen) atoms. The SMILES string of the molecule is Cc1ccc([C@H](C)N2CCN(C3CCN(C(=O)OC(C)(C)C)CC3)C[C@H]2C)cc1. The molecule has 0 radical (unpaired) electrons. The average Bonchev–Trinajstić information content (AvgIpc) is 2.67. The standard InChI is InChI=1S/C24H39N3O2/c1-18-7-9-21(10-8-18)20(3)27-16-15-26(17-19(27)2)22-11-13-25(14-12-22)23(28)29-24(4,5)6/h7-10,19-20,22H,11-17H2,1-6H3/t19-,20+/m1/s1. The van der Waals surface area contributed by atoms with Gasteiger partial charge in [-0.25, -0.2) is 4.79 Å². The van der Waals surface area contributed by atoms with Gasteiger partial charge < -0.3 is 9.64 Å². The number of rotatable bonds is 3. The molecule has 0 unspecified atom stereocenters. The average molecular weight is 402 g/mol. The predicted octanol–water partition coefficient (Wildman–Crippen LogP) is 4.46. The maximum Gasteiger partial charge on any atom is 0.410 e. The molecule has 0 aromatic heterocycles. The quantitative estimate of drug-likeness (QED) is 0.749. The van der Waals surface area contributed by atoms with Crippen molar-refractivity contribution in [2.75, 3.05) is 32.7 Å². The number of aryl methyl sites for hydroxylation is 1. The Labute approximate surface area is 177 Å². The molecule has 1 aromatic carbocycles. The first-order chi connectivity index (χ1) is 13.6. The Kier molecular flexibility index (Phi) is 6.90. The first-order valence-electron chi connectivity index (χ1n) is 11.2. The van der Waals surface area contributed by atoms with Crippen LogP contribution in [-0.4, -0.2) is 71.2 Å². The van der Waals surface area contributed by atoms with Gasteiger partial charge in [0.25, 0.3) is 0 Å². The second-order valence-electron chi connectivity index (χ2n) is 9.87. The van der Waals surface area contributed by atoms with Crippen LogP contribution in [-0.2, 0) is 4.74 Å². The normalized spacial score (nSPS) is 23.8. The zero-order valence-electron chi connectivity index (χ0n) is 19.1. The molecule has 0 saturated carbocycles. The molecule has 0 bridgehead atoms. The molecule has 3 rings (SSSR count). The Hall–Kier alpha value is -1.59. The van der Waals surface area contributed by atoms with Crippen molar-refractivity contribution in [2.24, 2.45) is 0 Å². The fourth-order valence-corrected chi connectivity index (χ4v) is 4.68. The molecule has 5 heteroatoms. The smallest absolute Gasteiger partial charge is 0.410 e. The number of hydrogen-bond acceptors (Lipinski definition) is 4. The van der Waals surface area contributed by atoms with Crippen LogP contribution < -0.4 is 0 Å². The van der Waals surface area contributed by atoms with Crippen molar-refractivity contribution in [1.29, 1.82) is 0 Å². The van der Waals surface area contributed by atoms with E-state index < -0.39 is 5.60 Å². The van der Waals surface area contributed by atoms with Crippen LogP contribution in [0, 0.1) is 6.92 Å². The van der Waals surface area contributed by atoms with E-state index in [4.69, 9.17) is 4.74 Å². The Bertz CT molecular complexity index is 674. The van der Waals surface area contributed by atoms with E-state index in [0.29, 0.717) is 18.1 Å². The highest BCUT2D eigenvalue weighted by Gasteiger charge is 2.34. The number of likely N-dealkylation sites (tertiary alicyclic amines) is 1. The summed E-state index contributed by atoms with van der Waals surface area (Å²) in [6.07, 6.45) is 1.92. The van der Waals surface area contributed by atoms with Gasteiger partial charge in [-0.1, -0.05) is 29.8 Å². The van der Waals surface area contributed by atoms with Crippen LogP contribution in [0.3, 0.4) is 0 Å². The molecule has 5 nitrogen and oxygen atoms in total. The maximum absolute atomic E-state index is 12.3. The molecule has 2 saturated heterocycles. The number of benzene rings is 1. The monoisotopic (exact) mass is 401 g/mol. The lowest BCUT2D eigenvalue weighted by Crippen LogP contribution is -2.57. The highest BCUT2D eigenvalue weighted by molar-refractivity contribution is 5.68. The Morgan fingerprint density at radius 3 is 2.24 bits per heavy atom. The van der Waals surface area contributed by atoms with E-state index in [9.17, 15) is 4.79 Å². The third-order valence-corrected chi connectivity index (χ3v) is 6.40. The molecule has 162 valence electrons. The molecule has 2 heterocycles. The number of piperazine rings is 1. The van der Waals surface area contributed by atoms with Gasteiger partial charge >= 0.3 is 6.09 Å². The van der Waals surface area contributed by atoms with Crippen LogP contribution in [0.2, 0.25) is 0 Å². The van der Waals surface area contributed by atoms with Gasteiger partial charge in [-0.05, 0) is 59.9 Å². The third kappa shape index (κ3) is 5.73. The lowest BCUT2D eigenvalue weighted by Gasteiger charge is -2.47. The van der Waals surface area contributed by atoms with E-state index in [1.807, 2.05) is 25.7 Å². The first-order valence-corrected chi connectivity index (χ1v) is 11.2. The van der Waals surface area contributed by atoms with E-state index in [2.05, 4.69) is 54.8 Å². The molecule has 0 N–H and O–H groups in total. The second-order valence-corrected chi connectivity index (χ2v) is 9.87. The zero-order valence-corrected chi connectivity index (χ0v) is 19.1. The van der Waals surface area contributed by atoms with Crippen LogP contribution in [0.1, 0.15) is 64.6 Å². The second kappa shape index (κ2) is 9.05. The molecule has 2 atom stereocenters. The lowest BCUT2D eigenvalue weighted by molar-refractivity contribution is -0.00206.